The predicted octanol–water partition coefficient (Wildman–Crippen LogP) is 1.73. The third kappa shape index (κ3) is 2.65. The fourth-order valence-electron chi connectivity index (χ4n) is 1.84. The van der Waals surface area contributed by atoms with Crippen LogP contribution in [0.25, 0.3) is 10.8 Å². The molecular weight excluding hydrogens is 338 g/mol. The molecular formula is C13H8BrN5O2. The third-order valence-electron chi connectivity index (χ3n) is 2.77. The van der Waals surface area contributed by atoms with Crippen LogP contribution in [0.3, 0.4) is 0 Å². The number of amides is 1. The third-order valence-corrected chi connectivity index (χ3v) is 3.18. The summed E-state index contributed by atoms with van der Waals surface area (Å²) in [7, 11) is 0. The number of H-pyrrole nitrogens is 1. The molecule has 3 aromatic rings. The minimum Gasteiger partial charge on any atom is -0.304 e. The summed E-state index contributed by atoms with van der Waals surface area (Å²) in [6.45, 7) is 0. The largest absolute Gasteiger partial charge is 0.304 e. The van der Waals surface area contributed by atoms with Crippen molar-refractivity contribution >= 4 is 38.4 Å². The monoisotopic (exact) mass is 345 g/mol. The molecule has 7 nitrogen and oxygen atoms in total. The highest BCUT2D eigenvalue weighted by Crippen LogP contribution is 2.14. The summed E-state index contributed by atoms with van der Waals surface area (Å²) < 4.78 is 0.563. The zero-order valence-electron chi connectivity index (χ0n) is 10.5. The number of nitrogens with one attached hydrogen (secondary N) is 2. The topological polar surface area (TPSA) is 101 Å². The van der Waals surface area contributed by atoms with Gasteiger partial charge in [0, 0.05) is 5.39 Å². The van der Waals surface area contributed by atoms with Crippen LogP contribution >= 0.6 is 15.9 Å². The van der Waals surface area contributed by atoms with E-state index in [0.29, 0.717) is 21.2 Å². The molecule has 0 radical (unpaired) electrons. The van der Waals surface area contributed by atoms with Crippen LogP contribution in [0.4, 0.5) is 5.82 Å². The summed E-state index contributed by atoms with van der Waals surface area (Å²) in [6.07, 6.45) is 2.88. The normalized spacial score (nSPS) is 10.5. The Morgan fingerprint density at radius 2 is 1.90 bits per heavy atom. The Morgan fingerprint density at radius 3 is 2.62 bits per heavy atom. The van der Waals surface area contributed by atoms with Gasteiger partial charge in [-0.15, -0.1) is 0 Å². The van der Waals surface area contributed by atoms with E-state index in [2.05, 4.69) is 41.4 Å². The molecule has 8 heteroatoms. The summed E-state index contributed by atoms with van der Waals surface area (Å²) in [5, 5.41) is 9.58. The number of hydrogen-bond donors (Lipinski definition) is 2. The summed E-state index contributed by atoms with van der Waals surface area (Å²) >= 11 is 3.16. The number of halogens is 1. The van der Waals surface area contributed by atoms with E-state index in [1.54, 1.807) is 24.3 Å². The number of nitrogens with zero attached hydrogens (tertiary/aromatic N) is 3. The molecule has 104 valence electrons. The summed E-state index contributed by atoms with van der Waals surface area (Å²) in [5.41, 5.74) is -0.222. The van der Waals surface area contributed by atoms with Gasteiger partial charge >= 0.3 is 0 Å². The lowest BCUT2D eigenvalue weighted by Gasteiger charge is -2.05. The van der Waals surface area contributed by atoms with Gasteiger partial charge in [0.15, 0.2) is 11.5 Å². The number of aromatic amines is 1. The van der Waals surface area contributed by atoms with Gasteiger partial charge in [-0.05, 0) is 22.0 Å². The van der Waals surface area contributed by atoms with Crippen molar-refractivity contribution < 1.29 is 4.79 Å². The molecule has 0 aliphatic heterocycles. The lowest BCUT2D eigenvalue weighted by molar-refractivity contribution is 0.102. The summed E-state index contributed by atoms with van der Waals surface area (Å²) in [6, 6.07) is 6.75. The van der Waals surface area contributed by atoms with E-state index in [0.717, 1.165) is 0 Å². The Labute approximate surface area is 126 Å². The van der Waals surface area contributed by atoms with Crippen molar-refractivity contribution in [3.63, 3.8) is 0 Å². The summed E-state index contributed by atoms with van der Waals surface area (Å²) in [4.78, 5) is 31.9. The molecule has 3 rings (SSSR count). The average Bonchev–Trinajstić information content (AvgIpc) is 2.50. The molecule has 0 bridgehead atoms. The van der Waals surface area contributed by atoms with Gasteiger partial charge in [0.1, 0.15) is 4.60 Å². The molecule has 2 heterocycles. The molecule has 0 fully saturated rings. The molecule has 0 aliphatic rings. The SMILES string of the molecule is O=C(Nc1cnc(Br)cn1)c1n[nH]c(=O)c2ccccc12. The van der Waals surface area contributed by atoms with Gasteiger partial charge in [0.05, 0.1) is 17.8 Å². The van der Waals surface area contributed by atoms with Crippen molar-refractivity contribution in [2.24, 2.45) is 0 Å². The first-order valence-electron chi connectivity index (χ1n) is 5.91. The summed E-state index contributed by atoms with van der Waals surface area (Å²) in [5.74, 6) is -0.181. The van der Waals surface area contributed by atoms with E-state index in [-0.39, 0.29) is 11.3 Å². The van der Waals surface area contributed by atoms with Gasteiger partial charge in [-0.1, -0.05) is 18.2 Å². The molecule has 0 saturated carbocycles. The van der Waals surface area contributed by atoms with Crippen LogP contribution in [0, 0.1) is 0 Å². The number of hydrogen-bond acceptors (Lipinski definition) is 5. The van der Waals surface area contributed by atoms with Crippen molar-refractivity contribution in [1.82, 2.24) is 20.2 Å². The second kappa shape index (κ2) is 5.41. The molecule has 0 unspecified atom stereocenters. The molecule has 0 spiro atoms. The number of carbonyl (C=O) groups excluding carboxylic acids is 1. The van der Waals surface area contributed by atoms with Crippen LogP contribution in [0.2, 0.25) is 0 Å². The highest BCUT2D eigenvalue weighted by Gasteiger charge is 2.14. The zero-order chi connectivity index (χ0) is 14.8. The Balaban J connectivity index is 2.00. The maximum Gasteiger partial charge on any atom is 0.277 e. The fraction of sp³-hybridized carbons (Fsp3) is 0. The number of benzene rings is 1. The Kier molecular flexibility index (Phi) is 3.44. The lowest BCUT2D eigenvalue weighted by atomic mass is 10.1. The maximum atomic E-state index is 12.2. The zero-order valence-corrected chi connectivity index (χ0v) is 12.1. The molecule has 0 atom stereocenters. The van der Waals surface area contributed by atoms with E-state index in [4.69, 9.17) is 0 Å². The van der Waals surface area contributed by atoms with Gasteiger partial charge in [0.2, 0.25) is 0 Å². The lowest BCUT2D eigenvalue weighted by Crippen LogP contribution is -2.19. The van der Waals surface area contributed by atoms with Crippen LogP contribution in [0.1, 0.15) is 10.5 Å². The van der Waals surface area contributed by atoms with E-state index >= 15 is 0 Å². The van der Waals surface area contributed by atoms with Crippen molar-refractivity contribution in [2.75, 3.05) is 5.32 Å². The van der Waals surface area contributed by atoms with Crippen LogP contribution < -0.4 is 10.9 Å². The van der Waals surface area contributed by atoms with Gasteiger partial charge in [-0.3, -0.25) is 9.59 Å². The molecule has 1 aromatic carbocycles. The van der Waals surface area contributed by atoms with E-state index < -0.39 is 5.91 Å². The van der Waals surface area contributed by atoms with Crippen molar-refractivity contribution in [3.05, 3.63) is 57.3 Å². The maximum absolute atomic E-state index is 12.2. The van der Waals surface area contributed by atoms with Crippen LogP contribution in [-0.4, -0.2) is 26.1 Å². The second-order valence-corrected chi connectivity index (χ2v) is 4.94. The molecule has 1 amide bonds. The molecule has 0 aliphatic carbocycles. The van der Waals surface area contributed by atoms with Crippen molar-refractivity contribution in [1.29, 1.82) is 0 Å². The van der Waals surface area contributed by atoms with Gasteiger partial charge in [-0.2, -0.15) is 5.10 Å². The van der Waals surface area contributed by atoms with Gasteiger partial charge in [0.25, 0.3) is 11.5 Å². The minimum absolute atomic E-state index is 0.120. The molecule has 21 heavy (non-hydrogen) atoms. The number of rotatable bonds is 2. The van der Waals surface area contributed by atoms with Gasteiger partial charge in [-0.25, -0.2) is 15.1 Å². The quantitative estimate of drug-likeness (QED) is 0.736. The fourth-order valence-corrected chi connectivity index (χ4v) is 2.04. The molecule has 0 saturated heterocycles. The number of anilines is 1. The number of carbonyl (C=O) groups is 1. The standard InChI is InChI=1S/C13H8BrN5O2/c14-9-5-16-10(6-15-9)17-13(21)11-7-3-1-2-4-8(7)12(20)19-18-11/h1-6H,(H,19,20)(H,16,17,21). The van der Waals surface area contributed by atoms with Crippen LogP contribution in [0.15, 0.2) is 46.1 Å². The van der Waals surface area contributed by atoms with E-state index in [9.17, 15) is 9.59 Å². The predicted molar refractivity (Wildman–Crippen MR) is 80.0 cm³/mol. The number of aromatic nitrogens is 4. The first-order valence-corrected chi connectivity index (χ1v) is 6.71. The van der Waals surface area contributed by atoms with Crippen molar-refractivity contribution in [2.45, 2.75) is 0 Å². The smallest absolute Gasteiger partial charge is 0.277 e. The highest BCUT2D eigenvalue weighted by atomic mass is 79.9. The first-order chi connectivity index (χ1) is 10.1. The van der Waals surface area contributed by atoms with Gasteiger partial charge < -0.3 is 5.32 Å². The highest BCUT2D eigenvalue weighted by molar-refractivity contribution is 9.10. The van der Waals surface area contributed by atoms with E-state index in [1.807, 2.05) is 0 Å². The van der Waals surface area contributed by atoms with Crippen LogP contribution in [0.5, 0.6) is 0 Å². The number of fused-ring (bicyclic) bond motifs is 1. The second-order valence-electron chi connectivity index (χ2n) is 4.13. The first kappa shape index (κ1) is 13.4. The Bertz CT molecular complexity index is 876. The van der Waals surface area contributed by atoms with Crippen molar-refractivity contribution in [3.8, 4) is 0 Å². The molecule has 2 N–H and O–H groups in total. The van der Waals surface area contributed by atoms with Crippen LogP contribution in [-0.2, 0) is 0 Å². The Morgan fingerprint density at radius 1 is 1.14 bits per heavy atom. The van der Waals surface area contributed by atoms with E-state index in [1.165, 1.54) is 12.4 Å². The Hall–Kier alpha value is -2.61. The minimum atomic E-state index is -0.473. The average molecular weight is 346 g/mol. The molecule has 2 aromatic heterocycles.